The molecule has 6 rings (SSSR count). The molecule has 0 bridgehead atoms. The van der Waals surface area contributed by atoms with Gasteiger partial charge in [-0.05, 0) is 55.8 Å². The highest BCUT2D eigenvalue weighted by Gasteiger charge is 2.31. The normalized spacial score (nSPS) is 17.8. The summed E-state index contributed by atoms with van der Waals surface area (Å²) in [7, 11) is 0. The van der Waals surface area contributed by atoms with Crippen molar-refractivity contribution in [3.05, 3.63) is 83.0 Å². The molecule has 4 heterocycles. The monoisotopic (exact) mass is 523 g/mol. The van der Waals surface area contributed by atoms with Gasteiger partial charge in [-0.2, -0.15) is 0 Å². The van der Waals surface area contributed by atoms with E-state index < -0.39 is 5.97 Å². The number of likely N-dealkylation sites (tertiary alicyclic amines) is 1. The molecule has 9 heteroatoms. The quantitative estimate of drug-likeness (QED) is 0.417. The van der Waals surface area contributed by atoms with Crippen LogP contribution in [0.4, 0.5) is 17.2 Å². The van der Waals surface area contributed by atoms with Crippen molar-refractivity contribution in [3.8, 4) is 0 Å². The number of fused-ring (bicyclic) bond motifs is 2. The van der Waals surface area contributed by atoms with Crippen molar-refractivity contribution in [1.29, 1.82) is 0 Å². The molecule has 0 aliphatic carbocycles. The number of pyridine rings is 1. The largest absolute Gasteiger partial charge is 0.478 e. The number of hydrogen-bond acceptors (Lipinski definition) is 6. The zero-order chi connectivity index (χ0) is 26.9. The molecule has 3 aliphatic heterocycles. The summed E-state index contributed by atoms with van der Waals surface area (Å²) in [5.41, 5.74) is 4.62. The second kappa shape index (κ2) is 10.3. The number of piperidine rings is 1. The average molecular weight is 524 g/mol. The number of carboxylic acid groups (broad SMARTS) is 1. The topological polar surface area (TPSA) is 115 Å². The fraction of sp³-hybridized carbons (Fsp3) is 0.267. The number of benzene rings is 2. The number of carboxylic acids is 1. The Morgan fingerprint density at radius 3 is 2.51 bits per heavy atom. The van der Waals surface area contributed by atoms with E-state index in [1.165, 1.54) is 18.6 Å². The predicted octanol–water partition coefficient (Wildman–Crippen LogP) is 4.09. The van der Waals surface area contributed by atoms with E-state index in [0.29, 0.717) is 47.8 Å². The number of amides is 2. The first kappa shape index (κ1) is 24.8. The highest BCUT2D eigenvalue weighted by molar-refractivity contribution is 6.37. The number of nitrogens with zero attached hydrogens (tertiary/aromatic N) is 3. The molecule has 1 fully saturated rings. The first-order valence-corrected chi connectivity index (χ1v) is 13.3. The lowest BCUT2D eigenvalue weighted by molar-refractivity contribution is -0.119. The lowest BCUT2D eigenvalue weighted by Crippen LogP contribution is -2.41. The van der Waals surface area contributed by atoms with E-state index in [1.807, 2.05) is 47.4 Å². The van der Waals surface area contributed by atoms with Gasteiger partial charge in [0.25, 0.3) is 5.91 Å². The Bertz CT molecular complexity index is 1490. The number of aromatic nitrogens is 1. The van der Waals surface area contributed by atoms with Crippen LogP contribution in [0, 0.1) is 0 Å². The average Bonchev–Trinajstić information content (AvgIpc) is 3.52. The van der Waals surface area contributed by atoms with E-state index in [4.69, 9.17) is 4.98 Å². The van der Waals surface area contributed by atoms with E-state index in [2.05, 4.69) is 15.5 Å². The molecule has 39 heavy (non-hydrogen) atoms. The summed E-state index contributed by atoms with van der Waals surface area (Å²) < 4.78 is 0. The minimum Gasteiger partial charge on any atom is -0.478 e. The van der Waals surface area contributed by atoms with Crippen molar-refractivity contribution in [1.82, 2.24) is 9.88 Å². The third kappa shape index (κ3) is 4.88. The molecule has 9 nitrogen and oxygen atoms in total. The van der Waals surface area contributed by atoms with Crippen LogP contribution < -0.4 is 15.5 Å². The molecule has 198 valence electrons. The molecule has 0 radical (unpaired) electrons. The maximum absolute atomic E-state index is 13.2. The van der Waals surface area contributed by atoms with Crippen molar-refractivity contribution in [2.75, 3.05) is 41.7 Å². The molecule has 0 atom stereocenters. The SMILES string of the molecule is O=C1Nc2cc(C(=O)O)ccc2/C1=C(/Nc1ccc2c(n1)CCN2C(=O)CN1CCCCC1)c1ccccc1. The van der Waals surface area contributed by atoms with Gasteiger partial charge in [-0.15, -0.1) is 0 Å². The molecule has 0 saturated carbocycles. The van der Waals surface area contributed by atoms with Crippen LogP contribution in [0.15, 0.2) is 60.7 Å². The Kier molecular flexibility index (Phi) is 6.58. The van der Waals surface area contributed by atoms with Gasteiger partial charge in [0.15, 0.2) is 0 Å². The lowest BCUT2D eigenvalue weighted by Gasteiger charge is -2.28. The Morgan fingerprint density at radius 2 is 1.74 bits per heavy atom. The number of aromatic carboxylic acids is 1. The van der Waals surface area contributed by atoms with E-state index >= 15 is 0 Å². The third-order valence-electron chi connectivity index (χ3n) is 7.50. The molecule has 0 spiro atoms. The molecule has 3 aliphatic rings. The summed E-state index contributed by atoms with van der Waals surface area (Å²) in [6.45, 7) is 2.98. The van der Waals surface area contributed by atoms with Crippen molar-refractivity contribution in [3.63, 3.8) is 0 Å². The molecule has 2 amide bonds. The molecular formula is C30H29N5O4. The van der Waals surface area contributed by atoms with Gasteiger partial charge in [-0.25, -0.2) is 9.78 Å². The van der Waals surface area contributed by atoms with Crippen molar-refractivity contribution >= 4 is 46.2 Å². The van der Waals surface area contributed by atoms with Crippen LogP contribution in [0.1, 0.15) is 46.4 Å². The molecule has 0 unspecified atom stereocenters. The highest BCUT2D eigenvalue weighted by Crippen LogP contribution is 2.38. The van der Waals surface area contributed by atoms with Crippen molar-refractivity contribution in [2.24, 2.45) is 0 Å². The van der Waals surface area contributed by atoms with Crippen LogP contribution in [0.5, 0.6) is 0 Å². The number of carbonyl (C=O) groups excluding carboxylic acids is 2. The maximum Gasteiger partial charge on any atom is 0.335 e. The minimum atomic E-state index is -1.06. The van der Waals surface area contributed by atoms with Gasteiger partial charge in [-0.3, -0.25) is 14.5 Å². The summed E-state index contributed by atoms with van der Waals surface area (Å²) >= 11 is 0. The van der Waals surface area contributed by atoms with E-state index in [-0.39, 0.29) is 17.4 Å². The van der Waals surface area contributed by atoms with Gasteiger partial charge < -0.3 is 20.6 Å². The summed E-state index contributed by atoms with van der Waals surface area (Å²) in [5, 5.41) is 15.5. The lowest BCUT2D eigenvalue weighted by atomic mass is 9.99. The second-order valence-electron chi connectivity index (χ2n) is 10.1. The number of carbonyl (C=O) groups is 3. The van der Waals surface area contributed by atoms with Crippen LogP contribution in [0.25, 0.3) is 11.3 Å². The summed E-state index contributed by atoms with van der Waals surface area (Å²) in [5.74, 6) is -0.717. The molecule has 1 saturated heterocycles. The first-order chi connectivity index (χ1) is 19.0. The van der Waals surface area contributed by atoms with E-state index in [9.17, 15) is 19.5 Å². The first-order valence-electron chi connectivity index (χ1n) is 13.3. The van der Waals surface area contributed by atoms with Crippen molar-refractivity contribution < 1.29 is 19.5 Å². The number of nitrogens with one attached hydrogen (secondary N) is 2. The van der Waals surface area contributed by atoms with Gasteiger partial charge in [0.2, 0.25) is 5.91 Å². The number of hydrogen-bond donors (Lipinski definition) is 3. The van der Waals surface area contributed by atoms with Crippen LogP contribution in [0.2, 0.25) is 0 Å². The standard InChI is InChI=1S/C30H29N5O4/c36-26(18-34-14-5-2-6-15-34)35-16-13-22-24(35)11-12-25(31-22)33-28(19-7-3-1-4-8-19)27-21-10-9-20(30(38)39)17-23(21)32-29(27)37/h1,3-4,7-12,17H,2,5-6,13-16,18H2,(H,31,33)(H,32,37)(H,38,39)/b28-27-. The minimum absolute atomic E-state index is 0.101. The fourth-order valence-electron chi connectivity index (χ4n) is 5.55. The van der Waals surface area contributed by atoms with E-state index in [0.717, 1.165) is 42.9 Å². The Labute approximate surface area is 226 Å². The molecule has 3 aromatic rings. The molecule has 3 N–H and O–H groups in total. The number of anilines is 3. The molecule has 1 aromatic heterocycles. The molecular weight excluding hydrogens is 494 g/mol. The van der Waals surface area contributed by atoms with Gasteiger partial charge >= 0.3 is 5.97 Å². The highest BCUT2D eigenvalue weighted by atomic mass is 16.4. The van der Waals surface area contributed by atoms with Crippen LogP contribution >= 0.6 is 0 Å². The summed E-state index contributed by atoms with van der Waals surface area (Å²) in [6.07, 6.45) is 4.18. The van der Waals surface area contributed by atoms with Gasteiger partial charge in [0.05, 0.1) is 40.4 Å². The Balaban J connectivity index is 1.31. The number of rotatable bonds is 6. The molecule has 2 aromatic carbocycles. The maximum atomic E-state index is 13.2. The fourth-order valence-corrected chi connectivity index (χ4v) is 5.55. The van der Waals surface area contributed by atoms with Crippen LogP contribution in [-0.4, -0.2) is 59.0 Å². The third-order valence-corrected chi connectivity index (χ3v) is 7.50. The summed E-state index contributed by atoms with van der Waals surface area (Å²) in [4.78, 5) is 46.6. The van der Waals surface area contributed by atoms with Gasteiger partial charge in [0.1, 0.15) is 5.82 Å². The second-order valence-corrected chi connectivity index (χ2v) is 10.1. The van der Waals surface area contributed by atoms with Crippen LogP contribution in [0.3, 0.4) is 0 Å². The Hall–Kier alpha value is -4.50. The van der Waals surface area contributed by atoms with Crippen molar-refractivity contribution in [2.45, 2.75) is 25.7 Å². The van der Waals surface area contributed by atoms with Gasteiger partial charge in [-0.1, -0.05) is 42.8 Å². The summed E-state index contributed by atoms with van der Waals surface area (Å²) in [6, 6.07) is 17.8. The van der Waals surface area contributed by atoms with Gasteiger partial charge in [0, 0.05) is 18.5 Å². The smallest absolute Gasteiger partial charge is 0.335 e. The zero-order valence-electron chi connectivity index (χ0n) is 21.4. The van der Waals surface area contributed by atoms with Crippen LogP contribution in [-0.2, 0) is 16.0 Å². The Morgan fingerprint density at radius 1 is 0.949 bits per heavy atom. The predicted molar refractivity (Wildman–Crippen MR) is 149 cm³/mol. The zero-order valence-corrected chi connectivity index (χ0v) is 21.4. The van der Waals surface area contributed by atoms with E-state index in [1.54, 1.807) is 6.07 Å².